The van der Waals surface area contributed by atoms with Crippen molar-refractivity contribution in [2.45, 2.75) is 38.8 Å². The number of carbonyl (C=O) groups is 1. The molecule has 1 atom stereocenters. The molecular weight excluding hydrogens is 296 g/mol. The maximum absolute atomic E-state index is 11.7. The maximum atomic E-state index is 11.7. The summed E-state index contributed by atoms with van der Waals surface area (Å²) >= 11 is 5.98. The van der Waals surface area contributed by atoms with Gasteiger partial charge in [-0.3, -0.25) is 4.79 Å². The molecule has 2 heterocycles. The minimum Gasteiger partial charge on any atom is -0.444 e. The van der Waals surface area contributed by atoms with E-state index in [1.165, 1.54) is 6.20 Å². The molecule has 0 bridgehead atoms. The standard InChI is InChI=1S/C13H19ClN4O3/c1-13(2,3)21-12(20)16-8-4-5-18(7-8)9-6-15-17-11(19)10(9)14/h6,8H,4-5,7H2,1-3H3,(H,16,20)(H,17,19)/t8-/m0/s1. The van der Waals surface area contributed by atoms with Gasteiger partial charge in [-0.2, -0.15) is 5.10 Å². The number of halogens is 1. The van der Waals surface area contributed by atoms with E-state index in [9.17, 15) is 9.59 Å². The quantitative estimate of drug-likeness (QED) is 0.864. The van der Waals surface area contributed by atoms with Crippen LogP contribution in [0, 0.1) is 0 Å². The molecule has 0 unspecified atom stereocenters. The molecule has 0 radical (unpaired) electrons. The molecule has 1 fully saturated rings. The predicted molar refractivity (Wildman–Crippen MR) is 79.9 cm³/mol. The van der Waals surface area contributed by atoms with Gasteiger partial charge in [0.2, 0.25) is 0 Å². The molecule has 2 N–H and O–H groups in total. The van der Waals surface area contributed by atoms with Crippen LogP contribution in [0.3, 0.4) is 0 Å². The minimum absolute atomic E-state index is 0.0461. The molecule has 1 aliphatic rings. The Labute approximate surface area is 127 Å². The monoisotopic (exact) mass is 314 g/mol. The van der Waals surface area contributed by atoms with Gasteiger partial charge in [-0.15, -0.1) is 0 Å². The summed E-state index contributed by atoms with van der Waals surface area (Å²) in [6.45, 7) is 6.69. The van der Waals surface area contributed by atoms with Crippen LogP contribution in [0.1, 0.15) is 27.2 Å². The second-order valence-corrected chi connectivity index (χ2v) is 6.35. The summed E-state index contributed by atoms with van der Waals surface area (Å²) < 4.78 is 5.22. The summed E-state index contributed by atoms with van der Waals surface area (Å²) in [5, 5.41) is 8.96. The number of rotatable bonds is 2. The average molecular weight is 315 g/mol. The third-order valence-corrected chi connectivity index (χ3v) is 3.39. The lowest BCUT2D eigenvalue weighted by molar-refractivity contribution is 0.0509. The molecule has 21 heavy (non-hydrogen) atoms. The Kier molecular flexibility index (Phi) is 4.41. The summed E-state index contributed by atoms with van der Waals surface area (Å²) in [6.07, 6.45) is 1.83. The predicted octanol–water partition coefficient (Wildman–Crippen LogP) is 1.53. The molecular formula is C13H19ClN4O3. The first kappa shape index (κ1) is 15.6. The lowest BCUT2D eigenvalue weighted by Crippen LogP contribution is -2.40. The molecule has 8 heteroatoms. The zero-order valence-electron chi connectivity index (χ0n) is 12.3. The van der Waals surface area contributed by atoms with Crippen LogP contribution < -0.4 is 15.8 Å². The van der Waals surface area contributed by atoms with Crippen LogP contribution in [0.5, 0.6) is 0 Å². The highest BCUT2D eigenvalue weighted by molar-refractivity contribution is 6.33. The number of nitrogens with one attached hydrogen (secondary N) is 2. The van der Waals surface area contributed by atoms with Crippen LogP contribution in [0.2, 0.25) is 5.02 Å². The first-order chi connectivity index (χ1) is 9.76. The molecule has 2 rings (SSSR count). The van der Waals surface area contributed by atoms with Crippen molar-refractivity contribution in [2.24, 2.45) is 0 Å². The fraction of sp³-hybridized carbons (Fsp3) is 0.615. The fourth-order valence-corrected chi connectivity index (χ4v) is 2.38. The molecule has 0 saturated carbocycles. The molecule has 116 valence electrons. The topological polar surface area (TPSA) is 87.3 Å². The molecule has 1 aromatic rings. The number of alkyl carbamates (subject to hydrolysis) is 1. The van der Waals surface area contributed by atoms with Gasteiger partial charge in [-0.05, 0) is 27.2 Å². The van der Waals surface area contributed by atoms with E-state index >= 15 is 0 Å². The highest BCUT2D eigenvalue weighted by Gasteiger charge is 2.27. The SMILES string of the molecule is CC(C)(C)OC(=O)N[C@H]1CCN(c2cn[nH]c(=O)c2Cl)C1. The third kappa shape index (κ3) is 4.10. The minimum atomic E-state index is -0.525. The van der Waals surface area contributed by atoms with E-state index in [-0.39, 0.29) is 11.1 Å². The number of H-pyrrole nitrogens is 1. The lowest BCUT2D eigenvalue weighted by atomic mass is 10.2. The van der Waals surface area contributed by atoms with Gasteiger partial charge in [0.05, 0.1) is 17.9 Å². The van der Waals surface area contributed by atoms with Crippen LogP contribution in [-0.2, 0) is 4.74 Å². The van der Waals surface area contributed by atoms with E-state index in [1.807, 2.05) is 25.7 Å². The van der Waals surface area contributed by atoms with Crippen molar-refractivity contribution in [2.75, 3.05) is 18.0 Å². The summed E-state index contributed by atoms with van der Waals surface area (Å²) in [6, 6.07) is -0.0461. The Hall–Kier alpha value is -1.76. The van der Waals surface area contributed by atoms with E-state index < -0.39 is 17.3 Å². The van der Waals surface area contributed by atoms with Crippen LogP contribution in [-0.4, -0.2) is 41.0 Å². The molecule has 1 aromatic heterocycles. The van der Waals surface area contributed by atoms with Crippen molar-refractivity contribution in [3.63, 3.8) is 0 Å². The Bertz CT molecular complexity index is 582. The molecule has 1 aliphatic heterocycles. The summed E-state index contributed by atoms with van der Waals surface area (Å²) in [7, 11) is 0. The van der Waals surface area contributed by atoms with Crippen molar-refractivity contribution < 1.29 is 9.53 Å². The second-order valence-electron chi connectivity index (χ2n) is 5.98. The number of aromatic nitrogens is 2. The number of aromatic amines is 1. The van der Waals surface area contributed by atoms with E-state index in [1.54, 1.807) is 0 Å². The molecule has 7 nitrogen and oxygen atoms in total. The molecule has 1 saturated heterocycles. The number of carbonyl (C=O) groups excluding carboxylic acids is 1. The molecule has 0 spiro atoms. The largest absolute Gasteiger partial charge is 0.444 e. The van der Waals surface area contributed by atoms with Gasteiger partial charge < -0.3 is 15.0 Å². The van der Waals surface area contributed by atoms with Gasteiger partial charge in [0.25, 0.3) is 5.56 Å². The van der Waals surface area contributed by atoms with Crippen molar-refractivity contribution in [1.82, 2.24) is 15.5 Å². The third-order valence-electron chi connectivity index (χ3n) is 3.03. The van der Waals surface area contributed by atoms with Crippen LogP contribution in [0.4, 0.5) is 10.5 Å². The fourth-order valence-electron chi connectivity index (χ4n) is 2.17. The van der Waals surface area contributed by atoms with Gasteiger partial charge in [0.1, 0.15) is 10.6 Å². The van der Waals surface area contributed by atoms with E-state index in [0.717, 1.165) is 6.42 Å². The Morgan fingerprint density at radius 3 is 2.95 bits per heavy atom. The normalized spacial score (nSPS) is 18.7. The zero-order chi connectivity index (χ0) is 15.6. The van der Waals surface area contributed by atoms with Crippen LogP contribution in [0.25, 0.3) is 0 Å². The summed E-state index contributed by atoms with van der Waals surface area (Å²) in [5.74, 6) is 0. The Balaban J connectivity index is 1.96. The number of anilines is 1. The van der Waals surface area contributed by atoms with Gasteiger partial charge >= 0.3 is 6.09 Å². The summed E-state index contributed by atoms with van der Waals surface area (Å²) in [4.78, 5) is 25.1. The number of hydrogen-bond acceptors (Lipinski definition) is 5. The van der Waals surface area contributed by atoms with Gasteiger partial charge in [-0.25, -0.2) is 9.89 Å². The highest BCUT2D eigenvalue weighted by Crippen LogP contribution is 2.24. The van der Waals surface area contributed by atoms with Gasteiger partial charge in [-0.1, -0.05) is 11.6 Å². The Morgan fingerprint density at radius 1 is 1.57 bits per heavy atom. The number of amides is 1. The number of ether oxygens (including phenoxy) is 1. The number of nitrogens with zero attached hydrogens (tertiary/aromatic N) is 2. The maximum Gasteiger partial charge on any atom is 0.407 e. The average Bonchev–Trinajstić information content (AvgIpc) is 2.78. The smallest absolute Gasteiger partial charge is 0.407 e. The van der Waals surface area contributed by atoms with Crippen molar-refractivity contribution in [1.29, 1.82) is 0 Å². The van der Waals surface area contributed by atoms with Gasteiger partial charge in [0, 0.05) is 13.1 Å². The van der Waals surface area contributed by atoms with E-state index in [2.05, 4.69) is 15.5 Å². The van der Waals surface area contributed by atoms with Crippen LogP contribution >= 0.6 is 11.6 Å². The van der Waals surface area contributed by atoms with E-state index in [0.29, 0.717) is 18.8 Å². The van der Waals surface area contributed by atoms with Crippen molar-refractivity contribution >= 4 is 23.4 Å². The summed E-state index contributed by atoms with van der Waals surface area (Å²) in [5.41, 5.74) is -0.367. The van der Waals surface area contributed by atoms with Crippen molar-refractivity contribution in [3.8, 4) is 0 Å². The van der Waals surface area contributed by atoms with E-state index in [4.69, 9.17) is 16.3 Å². The number of hydrogen-bond donors (Lipinski definition) is 2. The second kappa shape index (κ2) is 5.93. The molecule has 1 amide bonds. The van der Waals surface area contributed by atoms with Crippen molar-refractivity contribution in [3.05, 3.63) is 21.6 Å². The first-order valence-electron chi connectivity index (χ1n) is 6.74. The zero-order valence-corrected chi connectivity index (χ0v) is 13.0. The lowest BCUT2D eigenvalue weighted by Gasteiger charge is -2.22. The molecule has 0 aliphatic carbocycles. The Morgan fingerprint density at radius 2 is 2.29 bits per heavy atom. The first-order valence-corrected chi connectivity index (χ1v) is 7.12. The van der Waals surface area contributed by atoms with Gasteiger partial charge in [0.15, 0.2) is 0 Å². The highest BCUT2D eigenvalue weighted by atomic mass is 35.5. The molecule has 0 aromatic carbocycles. The van der Waals surface area contributed by atoms with Crippen LogP contribution in [0.15, 0.2) is 11.0 Å².